The lowest BCUT2D eigenvalue weighted by Crippen LogP contribution is -2.44. The van der Waals surface area contributed by atoms with Gasteiger partial charge in [0.25, 0.3) is 0 Å². The second-order valence-electron chi connectivity index (χ2n) is 7.12. The highest BCUT2D eigenvalue weighted by molar-refractivity contribution is 7.11. The summed E-state index contributed by atoms with van der Waals surface area (Å²) < 4.78 is 0. The summed E-state index contributed by atoms with van der Waals surface area (Å²) in [6, 6.07) is 0.676. The van der Waals surface area contributed by atoms with Gasteiger partial charge in [0.05, 0.1) is 0 Å². The van der Waals surface area contributed by atoms with Crippen molar-refractivity contribution in [2.75, 3.05) is 0 Å². The van der Waals surface area contributed by atoms with Gasteiger partial charge in [0.1, 0.15) is 5.01 Å². The number of nitrogens with one attached hydrogen (secondary N) is 1. The maximum Gasteiger partial charge on any atom is 0.107 e. The molecule has 1 heterocycles. The first-order chi connectivity index (χ1) is 8.97. The fraction of sp³-hybridized carbons (Fsp3) is 0.812. The molecule has 2 aliphatic carbocycles. The monoisotopic (exact) mass is 278 g/mol. The molecule has 0 spiro atoms. The molecule has 2 nitrogen and oxygen atoms in total. The van der Waals surface area contributed by atoms with Crippen LogP contribution in [0.4, 0.5) is 0 Å². The summed E-state index contributed by atoms with van der Waals surface area (Å²) in [5.74, 6) is 0.914. The first kappa shape index (κ1) is 13.6. The second-order valence-corrected chi connectivity index (χ2v) is 8.32. The summed E-state index contributed by atoms with van der Waals surface area (Å²) in [6.07, 6.45) is 7.32. The molecule has 19 heavy (non-hydrogen) atoms. The summed E-state index contributed by atoms with van der Waals surface area (Å²) in [5.41, 5.74) is 0.977. The molecule has 3 rings (SSSR count). The highest BCUT2D eigenvalue weighted by atomic mass is 32.1. The number of aryl methyl sites for hydroxylation is 1. The summed E-state index contributed by atoms with van der Waals surface area (Å²) in [5, 5.41) is 5.06. The first-order valence-corrected chi connectivity index (χ1v) is 8.46. The molecule has 106 valence electrons. The van der Waals surface area contributed by atoms with E-state index in [9.17, 15) is 0 Å². The van der Waals surface area contributed by atoms with E-state index in [1.54, 1.807) is 0 Å². The Morgan fingerprint density at radius 3 is 2.74 bits per heavy atom. The van der Waals surface area contributed by atoms with Gasteiger partial charge >= 0.3 is 0 Å². The maximum absolute atomic E-state index is 4.53. The number of hydrogen-bond donors (Lipinski definition) is 1. The molecule has 3 heteroatoms. The first-order valence-electron chi connectivity index (χ1n) is 7.64. The van der Waals surface area contributed by atoms with Gasteiger partial charge < -0.3 is 5.32 Å². The van der Waals surface area contributed by atoms with Crippen molar-refractivity contribution in [1.82, 2.24) is 10.3 Å². The molecular formula is C16H26N2S. The highest BCUT2D eigenvalue weighted by Crippen LogP contribution is 2.65. The molecule has 3 atom stereocenters. The third-order valence-electron chi connectivity index (χ3n) is 6.24. The zero-order valence-electron chi connectivity index (χ0n) is 12.6. The van der Waals surface area contributed by atoms with Crippen molar-refractivity contribution in [2.24, 2.45) is 16.7 Å². The van der Waals surface area contributed by atoms with Gasteiger partial charge in [-0.15, -0.1) is 11.3 Å². The molecule has 0 aromatic carbocycles. The highest BCUT2D eigenvalue weighted by Gasteiger charge is 2.60. The molecule has 0 saturated heterocycles. The van der Waals surface area contributed by atoms with Crippen LogP contribution in [0.5, 0.6) is 0 Å². The second kappa shape index (κ2) is 4.56. The van der Waals surface area contributed by atoms with Crippen molar-refractivity contribution in [3.63, 3.8) is 0 Å². The quantitative estimate of drug-likeness (QED) is 0.900. The predicted octanol–water partition coefficient (Wildman–Crippen LogP) is 4.01. The molecule has 1 N–H and O–H groups in total. The van der Waals surface area contributed by atoms with E-state index in [1.807, 2.05) is 17.5 Å². The summed E-state index contributed by atoms with van der Waals surface area (Å²) in [7, 11) is 0. The number of aromatic nitrogens is 1. The van der Waals surface area contributed by atoms with Crippen molar-refractivity contribution in [3.8, 4) is 0 Å². The fourth-order valence-electron chi connectivity index (χ4n) is 4.32. The molecule has 1 aromatic heterocycles. The third-order valence-corrected chi connectivity index (χ3v) is 7.39. The van der Waals surface area contributed by atoms with Gasteiger partial charge in [0.2, 0.25) is 0 Å². The third kappa shape index (κ3) is 1.97. The van der Waals surface area contributed by atoms with E-state index in [-0.39, 0.29) is 0 Å². The van der Waals surface area contributed by atoms with E-state index in [0.29, 0.717) is 16.9 Å². The van der Waals surface area contributed by atoms with Crippen molar-refractivity contribution < 1.29 is 0 Å². The van der Waals surface area contributed by atoms with Gasteiger partial charge in [-0.2, -0.15) is 0 Å². The van der Waals surface area contributed by atoms with E-state index in [0.717, 1.165) is 18.9 Å². The van der Waals surface area contributed by atoms with Gasteiger partial charge in [-0.3, -0.25) is 0 Å². The Hall–Kier alpha value is -0.410. The number of nitrogens with zero attached hydrogens (tertiary/aromatic N) is 1. The van der Waals surface area contributed by atoms with Gasteiger partial charge in [-0.1, -0.05) is 27.7 Å². The fourth-order valence-corrected chi connectivity index (χ4v) is 5.13. The number of hydrogen-bond acceptors (Lipinski definition) is 3. The molecule has 3 unspecified atom stereocenters. The van der Waals surface area contributed by atoms with Crippen LogP contribution in [0.3, 0.4) is 0 Å². The smallest absolute Gasteiger partial charge is 0.107 e. The lowest BCUT2D eigenvalue weighted by atomic mass is 9.69. The van der Waals surface area contributed by atoms with Crippen LogP contribution in [-0.4, -0.2) is 11.0 Å². The van der Waals surface area contributed by atoms with Crippen LogP contribution in [0.1, 0.15) is 56.8 Å². The van der Waals surface area contributed by atoms with Crippen LogP contribution in [0.15, 0.2) is 6.20 Å². The summed E-state index contributed by atoms with van der Waals surface area (Å²) in [6.45, 7) is 10.6. The molecule has 0 aliphatic heterocycles. The van der Waals surface area contributed by atoms with Gasteiger partial charge in [0, 0.05) is 23.7 Å². The van der Waals surface area contributed by atoms with Crippen LogP contribution >= 0.6 is 11.3 Å². The van der Waals surface area contributed by atoms with Crippen molar-refractivity contribution in [1.29, 1.82) is 0 Å². The van der Waals surface area contributed by atoms with Crippen LogP contribution in [0.2, 0.25) is 0 Å². The minimum Gasteiger partial charge on any atom is -0.307 e. The van der Waals surface area contributed by atoms with Crippen LogP contribution < -0.4 is 5.32 Å². The number of fused-ring (bicyclic) bond motifs is 2. The van der Waals surface area contributed by atoms with Crippen LogP contribution in [0, 0.1) is 16.7 Å². The molecule has 0 amide bonds. The molecule has 0 radical (unpaired) electrons. The van der Waals surface area contributed by atoms with E-state index in [4.69, 9.17) is 0 Å². The Morgan fingerprint density at radius 1 is 1.42 bits per heavy atom. The molecule has 2 bridgehead atoms. The zero-order chi connectivity index (χ0) is 13.7. The Kier molecular flexibility index (Phi) is 3.25. The Labute approximate surface area is 121 Å². The molecule has 2 saturated carbocycles. The van der Waals surface area contributed by atoms with Gasteiger partial charge in [-0.25, -0.2) is 4.98 Å². The van der Waals surface area contributed by atoms with Gasteiger partial charge in [-0.05, 0) is 42.4 Å². The zero-order valence-corrected chi connectivity index (χ0v) is 13.4. The van der Waals surface area contributed by atoms with E-state index in [1.165, 1.54) is 29.1 Å². The van der Waals surface area contributed by atoms with E-state index in [2.05, 4.69) is 38.0 Å². The predicted molar refractivity (Wildman–Crippen MR) is 81.3 cm³/mol. The van der Waals surface area contributed by atoms with Crippen molar-refractivity contribution in [3.05, 3.63) is 16.1 Å². The largest absolute Gasteiger partial charge is 0.307 e. The summed E-state index contributed by atoms with van der Waals surface area (Å²) in [4.78, 5) is 5.92. The molecular weight excluding hydrogens is 252 g/mol. The summed E-state index contributed by atoms with van der Waals surface area (Å²) >= 11 is 1.86. The average molecular weight is 278 g/mol. The normalized spacial score (nSPS) is 36.0. The lowest BCUT2D eigenvalue weighted by molar-refractivity contribution is 0.120. The Balaban J connectivity index is 1.66. The topological polar surface area (TPSA) is 24.9 Å². The Morgan fingerprint density at radius 2 is 2.21 bits per heavy atom. The molecule has 2 aliphatic rings. The number of thiazole rings is 1. The van der Waals surface area contributed by atoms with Crippen LogP contribution in [0.25, 0.3) is 0 Å². The SMILES string of the molecule is CCc1cnc(CNC2CC3CCC2(C)C3(C)C)s1. The Bertz CT molecular complexity index is 465. The maximum atomic E-state index is 4.53. The molecule has 2 fully saturated rings. The lowest BCUT2D eigenvalue weighted by Gasteiger charge is -2.39. The number of rotatable bonds is 4. The van der Waals surface area contributed by atoms with Crippen molar-refractivity contribution in [2.45, 2.75) is 66.0 Å². The minimum absolute atomic E-state index is 0.475. The standard InChI is InChI=1S/C16H26N2S/c1-5-12-9-18-14(19-12)10-17-13-8-11-6-7-16(13,4)15(11,2)3/h9,11,13,17H,5-8,10H2,1-4H3. The average Bonchev–Trinajstić information content (AvgIpc) is 2.97. The van der Waals surface area contributed by atoms with Gasteiger partial charge in [0.15, 0.2) is 0 Å². The van der Waals surface area contributed by atoms with Crippen molar-refractivity contribution >= 4 is 11.3 Å². The van der Waals surface area contributed by atoms with E-state index < -0.39 is 0 Å². The van der Waals surface area contributed by atoms with Crippen LogP contribution in [-0.2, 0) is 13.0 Å². The van der Waals surface area contributed by atoms with E-state index >= 15 is 0 Å². The minimum atomic E-state index is 0.475. The molecule has 1 aromatic rings.